The number of carbonyl (C=O) groups is 4. The Bertz CT molecular complexity index is 856. The summed E-state index contributed by atoms with van der Waals surface area (Å²) in [6, 6.07) is 5.24. The van der Waals surface area contributed by atoms with Gasteiger partial charge in [0.15, 0.2) is 0 Å². The maximum absolute atomic E-state index is 12.8. The van der Waals surface area contributed by atoms with Gasteiger partial charge in [-0.1, -0.05) is 31.0 Å². The Morgan fingerprint density at radius 1 is 1.25 bits per heavy atom. The second-order valence-electron chi connectivity index (χ2n) is 6.16. The van der Waals surface area contributed by atoms with Crippen LogP contribution in [0.4, 0.5) is 10.5 Å². The molecule has 28 heavy (non-hydrogen) atoms. The summed E-state index contributed by atoms with van der Waals surface area (Å²) in [7, 11) is 1.25. The molecule has 148 valence electrons. The summed E-state index contributed by atoms with van der Waals surface area (Å²) < 4.78 is 7.66. The number of methoxy groups -OCH3 is 1. The number of para-hydroxylation sites is 1. The first-order valence-electron chi connectivity index (χ1n) is 8.69. The van der Waals surface area contributed by atoms with Crippen LogP contribution in [0.3, 0.4) is 0 Å². The van der Waals surface area contributed by atoms with Crippen LogP contribution in [0, 0.1) is 0 Å². The van der Waals surface area contributed by atoms with Gasteiger partial charge in [0.05, 0.1) is 24.1 Å². The molecule has 10 heteroatoms. The summed E-state index contributed by atoms with van der Waals surface area (Å²) in [6.45, 7) is 1.85. The monoisotopic (exact) mass is 404 g/mol. The molecule has 1 atom stereocenters. The first-order valence-corrected chi connectivity index (χ1v) is 9.57. The second kappa shape index (κ2) is 8.44. The van der Waals surface area contributed by atoms with Crippen LogP contribution in [0.1, 0.15) is 23.7 Å². The second-order valence-corrected chi connectivity index (χ2v) is 6.86. The third kappa shape index (κ3) is 3.73. The number of amides is 4. The van der Waals surface area contributed by atoms with E-state index in [1.807, 2.05) is 6.92 Å². The molecule has 9 nitrogen and oxygen atoms in total. The van der Waals surface area contributed by atoms with Gasteiger partial charge < -0.3 is 10.1 Å². The molecule has 1 aromatic rings. The minimum Gasteiger partial charge on any atom is -0.465 e. The number of fused-ring (bicyclic) bond motifs is 1. The van der Waals surface area contributed by atoms with Crippen molar-refractivity contribution in [3.05, 3.63) is 40.9 Å². The molecule has 0 aliphatic carbocycles. The van der Waals surface area contributed by atoms with E-state index in [0.717, 1.165) is 4.90 Å². The van der Waals surface area contributed by atoms with Crippen LogP contribution in [0.15, 0.2) is 35.4 Å². The van der Waals surface area contributed by atoms with Crippen LogP contribution in [-0.2, 0) is 14.3 Å². The average molecular weight is 404 g/mol. The van der Waals surface area contributed by atoms with E-state index in [0.29, 0.717) is 12.1 Å². The van der Waals surface area contributed by atoms with E-state index in [4.69, 9.17) is 4.74 Å². The number of anilines is 1. The lowest BCUT2D eigenvalue weighted by Gasteiger charge is -2.37. The molecule has 2 heterocycles. The van der Waals surface area contributed by atoms with Gasteiger partial charge in [0.1, 0.15) is 12.6 Å². The minimum absolute atomic E-state index is 0.210. The van der Waals surface area contributed by atoms with Gasteiger partial charge in [-0.3, -0.25) is 19.4 Å². The number of esters is 1. The van der Waals surface area contributed by atoms with Gasteiger partial charge in [0.2, 0.25) is 5.91 Å². The summed E-state index contributed by atoms with van der Waals surface area (Å²) in [5, 5.41) is 4.29. The molecule has 0 aromatic heterocycles. The highest BCUT2D eigenvalue weighted by atomic mass is 32.2. The Balaban J connectivity index is 1.79. The Labute approximate surface area is 166 Å². The van der Waals surface area contributed by atoms with Crippen molar-refractivity contribution in [2.45, 2.75) is 19.4 Å². The third-order valence-electron chi connectivity index (χ3n) is 4.30. The van der Waals surface area contributed by atoms with Crippen molar-refractivity contribution < 1.29 is 23.9 Å². The van der Waals surface area contributed by atoms with E-state index in [9.17, 15) is 19.2 Å². The van der Waals surface area contributed by atoms with Crippen molar-refractivity contribution >= 4 is 41.5 Å². The zero-order valence-electron chi connectivity index (χ0n) is 15.4. The molecule has 2 aliphatic rings. The van der Waals surface area contributed by atoms with E-state index in [-0.39, 0.29) is 30.2 Å². The molecule has 1 unspecified atom stereocenters. The molecular formula is C18H20N4O5S. The van der Waals surface area contributed by atoms with Crippen LogP contribution >= 0.6 is 11.9 Å². The number of nitrogens with one attached hydrogen (secondary N) is 2. The molecule has 0 bridgehead atoms. The molecule has 0 spiro atoms. The highest BCUT2D eigenvalue weighted by Crippen LogP contribution is 2.29. The van der Waals surface area contributed by atoms with Crippen LogP contribution in [0.2, 0.25) is 0 Å². The van der Waals surface area contributed by atoms with Gasteiger partial charge in [-0.05, 0) is 18.6 Å². The SMILES string of the molecule is CCCN1C(=O)C2NSC=C2N(CC(=O)Nc2ccccc2C(=O)OC)C1=O. The van der Waals surface area contributed by atoms with Crippen LogP contribution in [0.5, 0.6) is 0 Å². The highest BCUT2D eigenvalue weighted by molar-refractivity contribution is 8.00. The molecule has 0 saturated carbocycles. The number of ether oxygens (including phenoxy) is 1. The predicted molar refractivity (Wildman–Crippen MR) is 103 cm³/mol. The number of benzene rings is 1. The summed E-state index contributed by atoms with van der Waals surface area (Å²) >= 11 is 1.20. The first-order chi connectivity index (χ1) is 13.5. The van der Waals surface area contributed by atoms with Crippen molar-refractivity contribution in [3.63, 3.8) is 0 Å². The summed E-state index contributed by atoms with van der Waals surface area (Å²) in [6.07, 6.45) is 0.614. The van der Waals surface area contributed by atoms with Gasteiger partial charge in [-0.25, -0.2) is 14.3 Å². The van der Waals surface area contributed by atoms with E-state index in [1.165, 1.54) is 30.0 Å². The molecule has 2 aliphatic heterocycles. The fourth-order valence-corrected chi connectivity index (χ4v) is 3.81. The number of imide groups is 1. The summed E-state index contributed by atoms with van der Waals surface area (Å²) in [4.78, 5) is 52.2. The van der Waals surface area contributed by atoms with Crippen molar-refractivity contribution in [2.24, 2.45) is 0 Å². The molecule has 1 aromatic carbocycles. The lowest BCUT2D eigenvalue weighted by molar-refractivity contribution is -0.132. The van der Waals surface area contributed by atoms with E-state index in [1.54, 1.807) is 23.6 Å². The first kappa shape index (κ1) is 19.9. The normalized spacial score (nSPS) is 18.6. The fourth-order valence-electron chi connectivity index (χ4n) is 3.00. The largest absolute Gasteiger partial charge is 0.465 e. The van der Waals surface area contributed by atoms with E-state index < -0.39 is 23.9 Å². The molecule has 1 fully saturated rings. The Morgan fingerprint density at radius 2 is 2.00 bits per heavy atom. The van der Waals surface area contributed by atoms with Crippen molar-refractivity contribution in [3.8, 4) is 0 Å². The van der Waals surface area contributed by atoms with Crippen molar-refractivity contribution in [1.82, 2.24) is 14.5 Å². The third-order valence-corrected chi connectivity index (χ3v) is 5.03. The van der Waals surface area contributed by atoms with Gasteiger partial charge in [-0.15, -0.1) is 0 Å². The smallest absolute Gasteiger partial charge is 0.339 e. The summed E-state index contributed by atoms with van der Waals surface area (Å²) in [5.74, 6) is -1.40. The maximum atomic E-state index is 12.8. The number of nitrogens with zero attached hydrogens (tertiary/aromatic N) is 2. The minimum atomic E-state index is -0.663. The van der Waals surface area contributed by atoms with Gasteiger partial charge in [0, 0.05) is 12.0 Å². The lowest BCUT2D eigenvalue weighted by Crippen LogP contribution is -2.60. The molecule has 3 rings (SSSR count). The van der Waals surface area contributed by atoms with Crippen LogP contribution in [0.25, 0.3) is 0 Å². The van der Waals surface area contributed by atoms with Gasteiger partial charge in [0.25, 0.3) is 5.91 Å². The van der Waals surface area contributed by atoms with E-state index in [2.05, 4.69) is 10.0 Å². The van der Waals surface area contributed by atoms with Crippen LogP contribution < -0.4 is 10.0 Å². The zero-order chi connectivity index (χ0) is 20.3. The number of carbonyl (C=O) groups excluding carboxylic acids is 4. The molecule has 2 N–H and O–H groups in total. The Hall–Kier alpha value is -2.85. The number of hydrogen-bond donors (Lipinski definition) is 2. The van der Waals surface area contributed by atoms with Crippen molar-refractivity contribution in [2.75, 3.05) is 25.5 Å². The quantitative estimate of drug-likeness (QED) is 0.547. The predicted octanol–water partition coefficient (Wildman–Crippen LogP) is 1.55. The molecule has 4 amide bonds. The number of rotatable bonds is 6. The molecule has 0 radical (unpaired) electrons. The fraction of sp³-hybridized carbons (Fsp3) is 0.333. The number of hydrogen-bond acceptors (Lipinski definition) is 7. The zero-order valence-corrected chi connectivity index (χ0v) is 16.2. The van der Waals surface area contributed by atoms with Gasteiger partial charge >= 0.3 is 12.0 Å². The highest BCUT2D eigenvalue weighted by Gasteiger charge is 2.45. The average Bonchev–Trinajstić information content (AvgIpc) is 3.18. The standard InChI is InChI=1S/C18H20N4O5S/c1-3-8-21-16(24)15-13(10-28-20-15)22(18(21)26)9-14(23)19-12-7-5-4-6-11(12)17(25)27-2/h4-7,10,15,20H,3,8-9H2,1-2H3,(H,19,23). The molecule has 1 saturated heterocycles. The summed E-state index contributed by atoms with van der Waals surface area (Å²) in [5.41, 5.74) is 0.944. The van der Waals surface area contributed by atoms with E-state index >= 15 is 0 Å². The number of urea groups is 1. The topological polar surface area (TPSA) is 108 Å². The Morgan fingerprint density at radius 3 is 2.71 bits per heavy atom. The molecular weight excluding hydrogens is 384 g/mol. The van der Waals surface area contributed by atoms with Gasteiger partial charge in [-0.2, -0.15) is 0 Å². The maximum Gasteiger partial charge on any atom is 0.339 e. The van der Waals surface area contributed by atoms with Crippen molar-refractivity contribution in [1.29, 1.82) is 0 Å². The Kier molecular flexibility index (Phi) is 6.00. The lowest BCUT2D eigenvalue weighted by atomic mass is 10.1. The van der Waals surface area contributed by atoms with Crippen LogP contribution in [-0.4, -0.2) is 59.9 Å².